The number of amides is 1. The Labute approximate surface area is 183 Å². The Hall–Kier alpha value is -1.93. The maximum absolute atomic E-state index is 12.5. The molecule has 9 heteroatoms. The fourth-order valence-corrected chi connectivity index (χ4v) is 4.45. The molecule has 1 aliphatic heterocycles. The molecule has 0 radical (unpaired) electrons. The average Bonchev–Trinajstić information content (AvgIpc) is 3.39. The molecule has 6 nitrogen and oxygen atoms in total. The Morgan fingerprint density at radius 2 is 2.00 bits per heavy atom. The second-order valence-corrected chi connectivity index (χ2v) is 8.67. The van der Waals surface area contributed by atoms with Crippen LogP contribution in [-0.2, 0) is 17.8 Å². The lowest BCUT2D eigenvalue weighted by Crippen LogP contribution is -2.48. The van der Waals surface area contributed by atoms with E-state index >= 15 is 0 Å². The van der Waals surface area contributed by atoms with Gasteiger partial charge in [0, 0.05) is 42.6 Å². The number of nitrogens with zero attached hydrogens (tertiary/aromatic N) is 4. The Morgan fingerprint density at radius 1 is 1.17 bits per heavy atom. The van der Waals surface area contributed by atoms with Crippen LogP contribution < -0.4 is 0 Å². The van der Waals surface area contributed by atoms with Crippen LogP contribution in [0.15, 0.2) is 40.2 Å². The van der Waals surface area contributed by atoms with E-state index in [0.717, 1.165) is 23.5 Å². The van der Waals surface area contributed by atoms with Gasteiger partial charge in [0.25, 0.3) is 0 Å². The zero-order valence-electron chi connectivity index (χ0n) is 15.7. The molecular formula is C20H20Cl2N4O2S. The summed E-state index contributed by atoms with van der Waals surface area (Å²) in [6.07, 6.45) is 1.05. The first-order valence-corrected chi connectivity index (χ1v) is 11.0. The van der Waals surface area contributed by atoms with Crippen LogP contribution in [0.1, 0.15) is 17.9 Å². The van der Waals surface area contributed by atoms with Crippen molar-refractivity contribution in [3.63, 3.8) is 0 Å². The van der Waals surface area contributed by atoms with Crippen LogP contribution in [0.25, 0.3) is 10.7 Å². The van der Waals surface area contributed by atoms with E-state index in [0.29, 0.717) is 54.2 Å². The summed E-state index contributed by atoms with van der Waals surface area (Å²) in [5.74, 6) is 1.38. The minimum Gasteiger partial charge on any atom is -0.340 e. The van der Waals surface area contributed by atoms with Crippen LogP contribution in [0.4, 0.5) is 0 Å². The van der Waals surface area contributed by atoms with Gasteiger partial charge in [-0.2, -0.15) is 4.98 Å². The summed E-state index contributed by atoms with van der Waals surface area (Å²) in [5, 5.41) is 7.25. The Bertz CT molecular complexity index is 969. The quantitative estimate of drug-likeness (QED) is 0.557. The second-order valence-electron chi connectivity index (χ2n) is 6.88. The summed E-state index contributed by atoms with van der Waals surface area (Å²) in [7, 11) is 0. The fraction of sp³-hybridized carbons (Fsp3) is 0.350. The van der Waals surface area contributed by atoms with Gasteiger partial charge in [-0.3, -0.25) is 9.69 Å². The van der Waals surface area contributed by atoms with E-state index in [4.69, 9.17) is 27.7 Å². The second kappa shape index (κ2) is 9.26. The van der Waals surface area contributed by atoms with Crippen molar-refractivity contribution >= 4 is 40.4 Å². The van der Waals surface area contributed by atoms with Gasteiger partial charge in [0.2, 0.25) is 17.6 Å². The lowest BCUT2D eigenvalue weighted by atomic mass is 10.1. The van der Waals surface area contributed by atoms with E-state index in [9.17, 15) is 4.79 Å². The summed E-state index contributed by atoms with van der Waals surface area (Å²) >= 11 is 13.7. The topological polar surface area (TPSA) is 62.5 Å². The van der Waals surface area contributed by atoms with Gasteiger partial charge >= 0.3 is 0 Å². The van der Waals surface area contributed by atoms with Crippen LogP contribution in [0.3, 0.4) is 0 Å². The number of piperazine rings is 1. The molecule has 1 saturated heterocycles. The number of aryl methyl sites for hydroxylation is 1. The highest BCUT2D eigenvalue weighted by molar-refractivity contribution is 7.13. The molecule has 1 aromatic carbocycles. The number of thiophene rings is 1. The molecule has 0 bridgehead atoms. The third-order valence-electron chi connectivity index (χ3n) is 4.92. The van der Waals surface area contributed by atoms with Crippen LogP contribution in [-0.4, -0.2) is 52.0 Å². The number of carbonyl (C=O) groups is 1. The van der Waals surface area contributed by atoms with E-state index < -0.39 is 0 Å². The molecule has 0 spiro atoms. The molecule has 29 heavy (non-hydrogen) atoms. The molecule has 1 amide bonds. The standard InChI is InChI=1S/C20H20Cl2N4O2S/c21-15-5-3-14(16(22)12-15)4-6-19(27)26-9-7-25(8-10-26)13-18-23-20(24-28-18)17-2-1-11-29-17/h1-3,5,11-12H,4,6-10,13H2. The monoisotopic (exact) mass is 450 g/mol. The van der Waals surface area contributed by atoms with Crippen molar-refractivity contribution in [2.24, 2.45) is 0 Å². The van der Waals surface area contributed by atoms with Crippen molar-refractivity contribution in [3.8, 4) is 10.7 Å². The first-order chi connectivity index (χ1) is 14.1. The van der Waals surface area contributed by atoms with Gasteiger partial charge in [-0.1, -0.05) is 40.5 Å². The molecule has 0 unspecified atom stereocenters. The van der Waals surface area contributed by atoms with Gasteiger partial charge in [-0.25, -0.2) is 0 Å². The Morgan fingerprint density at radius 3 is 2.72 bits per heavy atom. The van der Waals surface area contributed by atoms with Gasteiger partial charge in [-0.15, -0.1) is 11.3 Å². The van der Waals surface area contributed by atoms with Crippen molar-refractivity contribution < 1.29 is 9.32 Å². The zero-order valence-corrected chi connectivity index (χ0v) is 18.0. The molecule has 3 aromatic rings. The smallest absolute Gasteiger partial charge is 0.241 e. The number of aromatic nitrogens is 2. The average molecular weight is 451 g/mol. The normalized spacial score (nSPS) is 15.0. The minimum atomic E-state index is 0.147. The summed E-state index contributed by atoms with van der Waals surface area (Å²) in [6.45, 7) is 3.55. The number of rotatable bonds is 6. The number of hydrogen-bond acceptors (Lipinski definition) is 6. The minimum absolute atomic E-state index is 0.147. The molecule has 1 aliphatic rings. The van der Waals surface area contributed by atoms with E-state index in [2.05, 4.69) is 15.0 Å². The Balaban J connectivity index is 1.24. The maximum atomic E-state index is 12.5. The van der Waals surface area contributed by atoms with Gasteiger partial charge in [0.05, 0.1) is 11.4 Å². The van der Waals surface area contributed by atoms with E-state index in [1.54, 1.807) is 23.5 Å². The number of halogens is 2. The highest BCUT2D eigenvalue weighted by Gasteiger charge is 2.22. The molecule has 4 rings (SSSR count). The SMILES string of the molecule is O=C(CCc1ccc(Cl)cc1Cl)N1CCN(Cc2nc(-c3cccs3)no2)CC1. The van der Waals surface area contributed by atoms with Crippen molar-refractivity contribution in [2.45, 2.75) is 19.4 Å². The zero-order chi connectivity index (χ0) is 20.2. The molecule has 0 aliphatic carbocycles. The first kappa shape index (κ1) is 20.3. The van der Waals surface area contributed by atoms with Crippen molar-refractivity contribution in [1.82, 2.24) is 19.9 Å². The highest BCUT2D eigenvalue weighted by Crippen LogP contribution is 2.23. The van der Waals surface area contributed by atoms with Gasteiger partial charge < -0.3 is 9.42 Å². The Kier molecular flexibility index (Phi) is 6.50. The van der Waals surface area contributed by atoms with Crippen LogP contribution in [0, 0.1) is 0 Å². The molecule has 0 saturated carbocycles. The highest BCUT2D eigenvalue weighted by atomic mass is 35.5. The molecule has 0 N–H and O–H groups in total. The predicted octanol–water partition coefficient (Wildman–Crippen LogP) is 4.38. The summed E-state index contributed by atoms with van der Waals surface area (Å²) in [6, 6.07) is 9.33. The lowest BCUT2D eigenvalue weighted by molar-refractivity contribution is -0.133. The van der Waals surface area contributed by atoms with Crippen molar-refractivity contribution in [1.29, 1.82) is 0 Å². The molecule has 3 heterocycles. The van der Waals surface area contributed by atoms with Crippen LogP contribution >= 0.6 is 34.5 Å². The lowest BCUT2D eigenvalue weighted by Gasteiger charge is -2.34. The number of hydrogen-bond donors (Lipinski definition) is 0. The van der Waals surface area contributed by atoms with Crippen LogP contribution in [0.2, 0.25) is 10.0 Å². The summed E-state index contributed by atoms with van der Waals surface area (Å²) in [5.41, 5.74) is 0.945. The third-order valence-corrected chi connectivity index (χ3v) is 6.37. The largest absolute Gasteiger partial charge is 0.340 e. The molecule has 2 aromatic heterocycles. The van der Waals surface area contributed by atoms with E-state index in [1.807, 2.05) is 28.5 Å². The van der Waals surface area contributed by atoms with Crippen LogP contribution in [0.5, 0.6) is 0 Å². The predicted molar refractivity (Wildman–Crippen MR) is 114 cm³/mol. The molecule has 0 atom stereocenters. The molecule has 1 fully saturated rings. The summed E-state index contributed by atoms with van der Waals surface area (Å²) in [4.78, 5) is 22.1. The number of benzene rings is 1. The maximum Gasteiger partial charge on any atom is 0.241 e. The molecule has 152 valence electrons. The van der Waals surface area contributed by atoms with Crippen molar-refractivity contribution in [3.05, 3.63) is 57.2 Å². The number of carbonyl (C=O) groups excluding carboxylic acids is 1. The van der Waals surface area contributed by atoms with Gasteiger partial charge in [0.15, 0.2) is 0 Å². The fourth-order valence-electron chi connectivity index (χ4n) is 3.30. The van der Waals surface area contributed by atoms with Crippen molar-refractivity contribution in [2.75, 3.05) is 26.2 Å². The van der Waals surface area contributed by atoms with E-state index in [1.165, 1.54) is 0 Å². The molecular weight excluding hydrogens is 431 g/mol. The summed E-state index contributed by atoms with van der Waals surface area (Å²) < 4.78 is 5.37. The van der Waals surface area contributed by atoms with E-state index in [-0.39, 0.29) is 5.91 Å². The van der Waals surface area contributed by atoms with Gasteiger partial charge in [0.1, 0.15) is 0 Å². The first-order valence-electron chi connectivity index (χ1n) is 9.39. The third kappa shape index (κ3) is 5.17. The van der Waals surface area contributed by atoms with Gasteiger partial charge in [-0.05, 0) is 35.6 Å².